The van der Waals surface area contributed by atoms with E-state index in [0.717, 1.165) is 10.9 Å². The molecule has 0 saturated heterocycles. The van der Waals surface area contributed by atoms with Gasteiger partial charge in [-0.2, -0.15) is 5.26 Å². The van der Waals surface area contributed by atoms with Crippen molar-refractivity contribution < 1.29 is 9.15 Å². The Hall–Kier alpha value is -2.03. The minimum absolute atomic E-state index is 0. The molecule has 1 aromatic heterocycles. The van der Waals surface area contributed by atoms with E-state index in [4.69, 9.17) is 14.4 Å². The normalized spacial score (nSPS) is 10.2. The summed E-state index contributed by atoms with van der Waals surface area (Å²) in [5.74, 6) is 0.649. The van der Waals surface area contributed by atoms with Gasteiger partial charge in [-0.3, -0.25) is 0 Å². The predicted molar refractivity (Wildman–Crippen MR) is 82.8 cm³/mol. The van der Waals surface area contributed by atoms with E-state index >= 15 is 0 Å². The van der Waals surface area contributed by atoms with Gasteiger partial charge in [0.15, 0.2) is 0 Å². The van der Waals surface area contributed by atoms with Crippen LogP contribution in [0, 0.1) is 11.3 Å². The molecule has 0 bridgehead atoms. The number of hydrogen-bond acceptors (Lipinski definition) is 5. The molecule has 0 aliphatic carbocycles. The molecular formula is C15H17ClN2O3. The molecule has 0 unspecified atom stereocenters. The average molecular weight is 309 g/mol. The Morgan fingerprint density at radius 3 is 2.81 bits per heavy atom. The van der Waals surface area contributed by atoms with Gasteiger partial charge < -0.3 is 14.1 Å². The standard InChI is InChI=1S/C15H16N2O3.ClH/c1-17(7-3-6-16)10-11-8-15(18)20-14-9-12(19-2)4-5-13(11)14;/h4-5,8-9H,3,7,10H2,1-2H3;1H. The first kappa shape index (κ1) is 17.0. The fraction of sp³-hybridized carbons (Fsp3) is 0.333. The first-order chi connectivity index (χ1) is 9.63. The van der Waals surface area contributed by atoms with Crippen LogP contribution < -0.4 is 10.4 Å². The molecule has 2 aromatic rings. The highest BCUT2D eigenvalue weighted by molar-refractivity contribution is 5.85. The summed E-state index contributed by atoms with van der Waals surface area (Å²) in [5, 5.41) is 9.48. The number of ether oxygens (including phenoxy) is 1. The summed E-state index contributed by atoms with van der Waals surface area (Å²) in [6, 6.07) is 9.03. The van der Waals surface area contributed by atoms with E-state index in [1.165, 1.54) is 6.07 Å². The maximum absolute atomic E-state index is 11.6. The van der Waals surface area contributed by atoms with Crippen LogP contribution in [0.25, 0.3) is 11.0 Å². The van der Waals surface area contributed by atoms with Crippen molar-refractivity contribution in [3.63, 3.8) is 0 Å². The SMILES string of the molecule is COc1ccc2c(CN(C)CCC#N)cc(=O)oc2c1.Cl. The lowest BCUT2D eigenvalue weighted by Crippen LogP contribution is -2.19. The highest BCUT2D eigenvalue weighted by atomic mass is 35.5. The number of benzene rings is 1. The summed E-state index contributed by atoms with van der Waals surface area (Å²) in [4.78, 5) is 13.6. The Kier molecular flexibility index (Phi) is 6.22. The van der Waals surface area contributed by atoms with E-state index in [9.17, 15) is 4.79 Å². The lowest BCUT2D eigenvalue weighted by Gasteiger charge is -2.15. The molecule has 1 aromatic carbocycles. The molecular weight excluding hydrogens is 292 g/mol. The molecule has 5 nitrogen and oxygen atoms in total. The zero-order valence-electron chi connectivity index (χ0n) is 12.0. The van der Waals surface area contributed by atoms with Crippen molar-refractivity contribution in [3.8, 4) is 11.8 Å². The third kappa shape index (κ3) is 4.22. The zero-order chi connectivity index (χ0) is 14.5. The van der Waals surface area contributed by atoms with Gasteiger partial charge in [0.1, 0.15) is 11.3 Å². The van der Waals surface area contributed by atoms with Gasteiger partial charge in [-0.1, -0.05) is 0 Å². The Bertz CT molecular complexity index is 706. The average Bonchev–Trinajstić information content (AvgIpc) is 2.44. The molecule has 2 rings (SSSR count). The Labute approximate surface area is 129 Å². The second-order valence-corrected chi connectivity index (χ2v) is 4.60. The van der Waals surface area contributed by atoms with Gasteiger partial charge in [-0.15, -0.1) is 12.4 Å². The number of nitriles is 1. The van der Waals surface area contributed by atoms with E-state index < -0.39 is 0 Å². The second-order valence-electron chi connectivity index (χ2n) is 4.60. The lowest BCUT2D eigenvalue weighted by molar-refractivity contribution is 0.335. The third-order valence-electron chi connectivity index (χ3n) is 3.08. The van der Waals surface area contributed by atoms with Gasteiger partial charge in [-0.25, -0.2) is 4.79 Å². The molecule has 0 aliphatic heterocycles. The minimum atomic E-state index is -0.380. The number of methoxy groups -OCH3 is 1. The lowest BCUT2D eigenvalue weighted by atomic mass is 10.1. The number of nitrogens with zero attached hydrogens (tertiary/aromatic N) is 2. The largest absolute Gasteiger partial charge is 0.497 e. The van der Waals surface area contributed by atoms with Crippen molar-refractivity contribution >= 4 is 23.4 Å². The molecule has 112 valence electrons. The Morgan fingerprint density at radius 2 is 2.14 bits per heavy atom. The van der Waals surface area contributed by atoms with Crippen LogP contribution in [0.2, 0.25) is 0 Å². The molecule has 0 N–H and O–H groups in total. The Balaban J connectivity index is 0.00000220. The smallest absolute Gasteiger partial charge is 0.336 e. The van der Waals surface area contributed by atoms with E-state index in [0.29, 0.717) is 30.8 Å². The van der Waals surface area contributed by atoms with Crippen molar-refractivity contribution in [2.24, 2.45) is 0 Å². The van der Waals surface area contributed by atoms with Gasteiger partial charge in [0.2, 0.25) is 0 Å². The molecule has 0 atom stereocenters. The van der Waals surface area contributed by atoms with Crippen LogP contribution >= 0.6 is 12.4 Å². The monoisotopic (exact) mass is 308 g/mol. The number of halogens is 1. The van der Waals surface area contributed by atoms with Gasteiger partial charge >= 0.3 is 5.63 Å². The van der Waals surface area contributed by atoms with Gasteiger partial charge in [-0.05, 0) is 24.7 Å². The fourth-order valence-corrected chi connectivity index (χ4v) is 2.08. The highest BCUT2D eigenvalue weighted by Crippen LogP contribution is 2.23. The van der Waals surface area contributed by atoms with Crippen LogP contribution in [0.15, 0.2) is 33.5 Å². The Morgan fingerprint density at radius 1 is 1.38 bits per heavy atom. The van der Waals surface area contributed by atoms with E-state index in [1.807, 2.05) is 24.1 Å². The molecule has 1 heterocycles. The maximum Gasteiger partial charge on any atom is 0.336 e. The second kappa shape index (κ2) is 7.67. The summed E-state index contributed by atoms with van der Waals surface area (Å²) in [6.45, 7) is 1.25. The summed E-state index contributed by atoms with van der Waals surface area (Å²) in [5.41, 5.74) is 1.02. The van der Waals surface area contributed by atoms with Crippen LogP contribution in [0.3, 0.4) is 0 Å². The van der Waals surface area contributed by atoms with Crippen molar-refractivity contribution in [3.05, 3.63) is 40.2 Å². The molecule has 0 saturated carbocycles. The van der Waals surface area contributed by atoms with Crippen molar-refractivity contribution in [2.75, 3.05) is 20.7 Å². The topological polar surface area (TPSA) is 66.5 Å². The predicted octanol–water partition coefficient (Wildman–Crippen LogP) is 2.57. The zero-order valence-corrected chi connectivity index (χ0v) is 12.8. The minimum Gasteiger partial charge on any atom is -0.497 e. The van der Waals surface area contributed by atoms with E-state index in [2.05, 4.69) is 6.07 Å². The molecule has 0 amide bonds. The summed E-state index contributed by atoms with van der Waals surface area (Å²) < 4.78 is 10.3. The van der Waals surface area contributed by atoms with Crippen LogP contribution in [-0.4, -0.2) is 25.6 Å². The molecule has 0 aliphatic rings. The summed E-state index contributed by atoms with van der Waals surface area (Å²) >= 11 is 0. The van der Waals surface area contributed by atoms with Crippen molar-refractivity contribution in [1.82, 2.24) is 4.90 Å². The highest BCUT2D eigenvalue weighted by Gasteiger charge is 2.09. The van der Waals surface area contributed by atoms with Gasteiger partial charge in [0, 0.05) is 37.0 Å². The van der Waals surface area contributed by atoms with Crippen LogP contribution in [0.4, 0.5) is 0 Å². The summed E-state index contributed by atoms with van der Waals surface area (Å²) in [6.07, 6.45) is 0.462. The first-order valence-corrected chi connectivity index (χ1v) is 6.30. The van der Waals surface area contributed by atoms with E-state index in [-0.39, 0.29) is 18.0 Å². The summed E-state index contributed by atoms with van der Waals surface area (Å²) in [7, 11) is 3.49. The van der Waals surface area contributed by atoms with Gasteiger partial charge in [0.25, 0.3) is 0 Å². The van der Waals surface area contributed by atoms with Crippen molar-refractivity contribution in [2.45, 2.75) is 13.0 Å². The van der Waals surface area contributed by atoms with Crippen molar-refractivity contribution in [1.29, 1.82) is 5.26 Å². The van der Waals surface area contributed by atoms with E-state index in [1.54, 1.807) is 13.2 Å². The van der Waals surface area contributed by atoms with Crippen LogP contribution in [0.1, 0.15) is 12.0 Å². The molecule has 0 spiro atoms. The quantitative estimate of drug-likeness (QED) is 0.794. The van der Waals surface area contributed by atoms with Gasteiger partial charge in [0.05, 0.1) is 13.2 Å². The molecule has 0 fully saturated rings. The molecule has 6 heteroatoms. The molecule has 0 radical (unpaired) electrons. The maximum atomic E-state index is 11.6. The van der Waals surface area contributed by atoms with Crippen LogP contribution in [0.5, 0.6) is 5.75 Å². The third-order valence-corrected chi connectivity index (χ3v) is 3.08. The number of fused-ring (bicyclic) bond motifs is 1. The number of hydrogen-bond donors (Lipinski definition) is 0. The first-order valence-electron chi connectivity index (χ1n) is 6.30. The van der Waals surface area contributed by atoms with Crippen LogP contribution in [-0.2, 0) is 6.54 Å². The molecule has 21 heavy (non-hydrogen) atoms. The fourth-order valence-electron chi connectivity index (χ4n) is 2.08. The number of rotatable bonds is 5.